The van der Waals surface area contributed by atoms with Gasteiger partial charge in [0.2, 0.25) is 5.91 Å². The van der Waals surface area contributed by atoms with E-state index in [0.29, 0.717) is 35.4 Å². The number of ether oxygens (including phenoxy) is 2. The van der Waals surface area contributed by atoms with Crippen LogP contribution in [0.5, 0.6) is 11.5 Å². The molecule has 1 aromatic heterocycles. The van der Waals surface area contributed by atoms with Gasteiger partial charge in [0.1, 0.15) is 19.3 Å². The third kappa shape index (κ3) is 4.23. The number of hydrogen-bond acceptors (Lipinski definition) is 6. The second-order valence-electron chi connectivity index (χ2n) is 7.53. The molecule has 1 aliphatic heterocycles. The van der Waals surface area contributed by atoms with Crippen LogP contribution >= 0.6 is 11.3 Å². The SMILES string of the molecule is Cc1ccc(C(=O)N[C@@H](C(=O)Nc2nc3cc4c(cc3s2)OCCO4)C(C)C)cc1. The Labute approximate surface area is 178 Å². The highest BCUT2D eigenvalue weighted by Gasteiger charge is 2.26. The summed E-state index contributed by atoms with van der Waals surface area (Å²) in [4.78, 5) is 30.0. The third-order valence-electron chi connectivity index (χ3n) is 4.83. The van der Waals surface area contributed by atoms with E-state index < -0.39 is 6.04 Å². The molecule has 1 aliphatic rings. The number of fused-ring (bicyclic) bond motifs is 2. The van der Waals surface area contributed by atoms with Crippen LogP contribution in [0.4, 0.5) is 5.13 Å². The van der Waals surface area contributed by atoms with Gasteiger partial charge in [0.15, 0.2) is 16.6 Å². The van der Waals surface area contributed by atoms with E-state index in [4.69, 9.17) is 9.47 Å². The molecule has 0 saturated heterocycles. The van der Waals surface area contributed by atoms with E-state index in [1.165, 1.54) is 11.3 Å². The predicted octanol–water partition coefficient (Wildman–Crippen LogP) is 3.77. The van der Waals surface area contributed by atoms with Crippen LogP contribution in [0, 0.1) is 12.8 Å². The summed E-state index contributed by atoms with van der Waals surface area (Å²) in [7, 11) is 0. The number of carbonyl (C=O) groups excluding carboxylic acids is 2. The van der Waals surface area contributed by atoms with Gasteiger partial charge in [-0.05, 0) is 25.0 Å². The van der Waals surface area contributed by atoms with Gasteiger partial charge in [-0.15, -0.1) is 0 Å². The second-order valence-corrected chi connectivity index (χ2v) is 8.56. The molecule has 0 bridgehead atoms. The Kier molecular flexibility index (Phi) is 5.59. The molecule has 30 heavy (non-hydrogen) atoms. The maximum atomic E-state index is 12.9. The van der Waals surface area contributed by atoms with Crippen molar-refractivity contribution in [2.45, 2.75) is 26.8 Å². The second kappa shape index (κ2) is 8.31. The van der Waals surface area contributed by atoms with E-state index in [9.17, 15) is 9.59 Å². The maximum Gasteiger partial charge on any atom is 0.251 e. The normalized spacial score (nSPS) is 13.9. The highest BCUT2D eigenvalue weighted by molar-refractivity contribution is 7.22. The number of aromatic nitrogens is 1. The number of hydrogen-bond donors (Lipinski definition) is 2. The lowest BCUT2D eigenvalue weighted by atomic mass is 10.0. The molecule has 4 rings (SSSR count). The van der Waals surface area contributed by atoms with Crippen molar-refractivity contribution in [1.29, 1.82) is 0 Å². The molecule has 0 aliphatic carbocycles. The molecule has 7 nitrogen and oxygen atoms in total. The number of thiazole rings is 1. The van der Waals surface area contributed by atoms with E-state index in [1.807, 2.05) is 45.0 Å². The van der Waals surface area contributed by atoms with Crippen molar-refractivity contribution in [3.05, 3.63) is 47.5 Å². The van der Waals surface area contributed by atoms with Gasteiger partial charge in [-0.1, -0.05) is 42.9 Å². The Hall–Kier alpha value is -3.13. The van der Waals surface area contributed by atoms with Crippen molar-refractivity contribution >= 4 is 38.5 Å². The van der Waals surface area contributed by atoms with E-state index in [1.54, 1.807) is 12.1 Å². The lowest BCUT2D eigenvalue weighted by Gasteiger charge is -2.21. The fourth-order valence-electron chi connectivity index (χ4n) is 3.17. The number of aryl methyl sites for hydroxylation is 1. The smallest absolute Gasteiger partial charge is 0.251 e. The minimum absolute atomic E-state index is 0.0945. The van der Waals surface area contributed by atoms with Crippen LogP contribution in [0.3, 0.4) is 0 Å². The molecule has 2 aromatic carbocycles. The van der Waals surface area contributed by atoms with E-state index in [2.05, 4.69) is 15.6 Å². The molecule has 0 fully saturated rings. The third-order valence-corrected chi connectivity index (χ3v) is 5.77. The summed E-state index contributed by atoms with van der Waals surface area (Å²) in [5.74, 6) is 0.655. The predicted molar refractivity (Wildman–Crippen MR) is 117 cm³/mol. The largest absolute Gasteiger partial charge is 0.486 e. The Balaban J connectivity index is 1.50. The van der Waals surface area contributed by atoms with Crippen molar-refractivity contribution in [2.75, 3.05) is 18.5 Å². The van der Waals surface area contributed by atoms with E-state index in [-0.39, 0.29) is 17.7 Å². The fourth-order valence-corrected chi connectivity index (χ4v) is 4.05. The van der Waals surface area contributed by atoms with Gasteiger partial charge < -0.3 is 20.1 Å². The molecule has 8 heteroatoms. The molecule has 3 aromatic rings. The van der Waals surface area contributed by atoms with Crippen molar-refractivity contribution < 1.29 is 19.1 Å². The standard InChI is InChI=1S/C22H23N3O4S/c1-12(2)19(24-20(26)14-6-4-13(3)5-7-14)21(27)25-22-23-15-10-16-17(11-18(15)30-22)29-9-8-28-16/h4-7,10-12,19H,8-9H2,1-3H3,(H,24,26)(H,23,25,27)/t19-/m1/s1. The number of carbonyl (C=O) groups is 2. The number of nitrogens with zero attached hydrogens (tertiary/aromatic N) is 1. The maximum absolute atomic E-state index is 12.9. The number of nitrogens with one attached hydrogen (secondary N) is 2. The van der Waals surface area contributed by atoms with E-state index >= 15 is 0 Å². The fraction of sp³-hybridized carbons (Fsp3) is 0.318. The average molecular weight is 426 g/mol. The van der Waals surface area contributed by atoms with Gasteiger partial charge in [-0.2, -0.15) is 0 Å². The van der Waals surface area contributed by atoms with Gasteiger partial charge in [0, 0.05) is 17.7 Å². The van der Waals surface area contributed by atoms with Gasteiger partial charge in [0.25, 0.3) is 5.91 Å². The summed E-state index contributed by atoms with van der Waals surface area (Å²) >= 11 is 1.35. The van der Waals surface area contributed by atoms with Crippen LogP contribution in [0.2, 0.25) is 0 Å². The highest BCUT2D eigenvalue weighted by atomic mass is 32.1. The Morgan fingerprint density at radius 3 is 2.40 bits per heavy atom. The molecule has 156 valence electrons. The topological polar surface area (TPSA) is 89.6 Å². The number of anilines is 1. The summed E-state index contributed by atoms with van der Waals surface area (Å²) in [6.07, 6.45) is 0. The zero-order chi connectivity index (χ0) is 21.3. The summed E-state index contributed by atoms with van der Waals surface area (Å²) in [6.45, 7) is 6.75. The van der Waals surface area contributed by atoms with E-state index in [0.717, 1.165) is 15.8 Å². The minimum Gasteiger partial charge on any atom is -0.486 e. The first-order valence-electron chi connectivity index (χ1n) is 9.79. The van der Waals surface area contributed by atoms with Crippen molar-refractivity contribution in [3.63, 3.8) is 0 Å². The zero-order valence-corrected chi connectivity index (χ0v) is 17.8. The number of benzene rings is 2. The Morgan fingerprint density at radius 1 is 1.07 bits per heavy atom. The Morgan fingerprint density at radius 2 is 1.73 bits per heavy atom. The van der Waals surface area contributed by atoms with Crippen molar-refractivity contribution in [3.8, 4) is 11.5 Å². The molecule has 1 atom stereocenters. The number of amides is 2. The number of rotatable bonds is 5. The van der Waals surface area contributed by atoms with Crippen LogP contribution in [0.25, 0.3) is 10.2 Å². The molecule has 2 N–H and O–H groups in total. The van der Waals surface area contributed by atoms with Gasteiger partial charge in [-0.25, -0.2) is 4.98 Å². The molecule has 0 saturated carbocycles. The van der Waals surface area contributed by atoms with Crippen molar-refractivity contribution in [1.82, 2.24) is 10.3 Å². The first-order valence-corrected chi connectivity index (χ1v) is 10.6. The molecule has 0 spiro atoms. The summed E-state index contributed by atoms with van der Waals surface area (Å²) in [5, 5.41) is 6.14. The molecular weight excluding hydrogens is 402 g/mol. The first-order chi connectivity index (χ1) is 14.4. The lowest BCUT2D eigenvalue weighted by molar-refractivity contribution is -0.118. The highest BCUT2D eigenvalue weighted by Crippen LogP contribution is 2.37. The zero-order valence-electron chi connectivity index (χ0n) is 17.0. The van der Waals surface area contributed by atoms with Gasteiger partial charge in [0.05, 0.1) is 10.2 Å². The summed E-state index contributed by atoms with van der Waals surface area (Å²) in [6, 6.07) is 10.2. The molecule has 2 heterocycles. The molecule has 2 amide bonds. The van der Waals surface area contributed by atoms with Gasteiger partial charge >= 0.3 is 0 Å². The monoisotopic (exact) mass is 425 g/mol. The first kappa shape index (κ1) is 20.2. The van der Waals surface area contributed by atoms with Crippen LogP contribution in [0.15, 0.2) is 36.4 Å². The van der Waals surface area contributed by atoms with Gasteiger partial charge in [-0.3, -0.25) is 9.59 Å². The summed E-state index contributed by atoms with van der Waals surface area (Å²) in [5.41, 5.74) is 2.31. The Bertz CT molecular complexity index is 1050. The van der Waals surface area contributed by atoms with Crippen LogP contribution in [0.1, 0.15) is 29.8 Å². The van der Waals surface area contributed by atoms with Crippen LogP contribution in [-0.4, -0.2) is 36.1 Å². The van der Waals surface area contributed by atoms with Crippen LogP contribution < -0.4 is 20.1 Å². The molecule has 0 unspecified atom stereocenters. The van der Waals surface area contributed by atoms with Crippen LogP contribution in [-0.2, 0) is 4.79 Å². The molecular formula is C22H23N3O4S. The minimum atomic E-state index is -0.689. The quantitative estimate of drug-likeness (QED) is 0.650. The lowest BCUT2D eigenvalue weighted by Crippen LogP contribution is -2.47. The van der Waals surface area contributed by atoms with Crippen molar-refractivity contribution in [2.24, 2.45) is 5.92 Å². The summed E-state index contributed by atoms with van der Waals surface area (Å²) < 4.78 is 12.1. The molecule has 0 radical (unpaired) electrons. The average Bonchev–Trinajstić information content (AvgIpc) is 3.11.